The van der Waals surface area contributed by atoms with Crippen molar-refractivity contribution in [2.24, 2.45) is 7.05 Å². The average Bonchev–Trinajstić information content (AvgIpc) is 3.16. The highest BCUT2D eigenvalue weighted by Crippen LogP contribution is 2.36. The normalized spacial score (nSPS) is 14.1. The number of Topliss-reactive ketones (excluding diaryl/α,β-unsaturated/α-hetero) is 1. The number of nitrogens with zero attached hydrogens (tertiary/aromatic N) is 2. The Kier molecular flexibility index (Phi) is 4.05. The van der Waals surface area contributed by atoms with Crippen LogP contribution in [0.3, 0.4) is 0 Å². The average molecular weight is 360 g/mol. The van der Waals surface area contributed by atoms with E-state index in [2.05, 4.69) is 0 Å². The molecule has 0 spiro atoms. The second-order valence-electron chi connectivity index (χ2n) is 6.12. The molecule has 1 aliphatic rings. The Balaban J connectivity index is 1.72. The number of aryl methyl sites for hydroxylation is 1. The van der Waals surface area contributed by atoms with Gasteiger partial charge >= 0.3 is 0 Å². The van der Waals surface area contributed by atoms with E-state index >= 15 is 0 Å². The van der Waals surface area contributed by atoms with Gasteiger partial charge in [-0.25, -0.2) is 0 Å². The SMILES string of the molecule is COc1ccc2c(c1)c(/C=C1/Oc3cc(OCC#N)ccc3C1=O)cn2C. The van der Waals surface area contributed by atoms with Crippen molar-refractivity contribution < 1.29 is 19.0 Å². The van der Waals surface area contributed by atoms with Gasteiger partial charge in [0.15, 0.2) is 12.4 Å². The molecule has 0 bridgehead atoms. The summed E-state index contributed by atoms with van der Waals surface area (Å²) in [7, 11) is 3.57. The standard InChI is InChI=1S/C21H16N2O4/c1-23-12-13(17-10-14(25-2)4-6-18(17)23)9-20-21(24)16-5-3-15(26-8-7-22)11-19(16)27-20/h3-6,9-12H,8H2,1-2H3/b20-9+. The van der Waals surface area contributed by atoms with Crippen LogP contribution in [0.2, 0.25) is 0 Å². The minimum atomic E-state index is -0.184. The van der Waals surface area contributed by atoms with Crippen molar-refractivity contribution in [1.82, 2.24) is 4.57 Å². The number of ether oxygens (including phenoxy) is 3. The van der Waals surface area contributed by atoms with Crippen LogP contribution < -0.4 is 14.2 Å². The number of methoxy groups -OCH3 is 1. The Morgan fingerprint density at radius 3 is 2.81 bits per heavy atom. The Morgan fingerprint density at radius 1 is 1.22 bits per heavy atom. The molecular formula is C21H16N2O4. The quantitative estimate of drug-likeness (QED) is 0.663. The topological polar surface area (TPSA) is 73.5 Å². The molecule has 4 rings (SSSR count). The van der Waals surface area contributed by atoms with Crippen LogP contribution in [0, 0.1) is 11.3 Å². The highest BCUT2D eigenvalue weighted by molar-refractivity contribution is 6.15. The summed E-state index contributed by atoms with van der Waals surface area (Å²) in [6.07, 6.45) is 3.68. The van der Waals surface area contributed by atoms with Crippen molar-refractivity contribution in [2.45, 2.75) is 0 Å². The van der Waals surface area contributed by atoms with Crippen molar-refractivity contribution in [3.63, 3.8) is 0 Å². The zero-order valence-electron chi connectivity index (χ0n) is 14.9. The van der Waals surface area contributed by atoms with Crippen LogP contribution in [0.15, 0.2) is 48.4 Å². The van der Waals surface area contributed by atoms with Crippen molar-refractivity contribution in [2.75, 3.05) is 13.7 Å². The summed E-state index contributed by atoms with van der Waals surface area (Å²) in [6, 6.07) is 12.6. The first-order valence-electron chi connectivity index (χ1n) is 8.32. The van der Waals surface area contributed by atoms with Gasteiger partial charge < -0.3 is 18.8 Å². The van der Waals surface area contributed by atoms with Gasteiger partial charge in [-0.05, 0) is 36.4 Å². The molecule has 0 aliphatic carbocycles. The highest BCUT2D eigenvalue weighted by Gasteiger charge is 2.28. The Hall–Kier alpha value is -3.72. The smallest absolute Gasteiger partial charge is 0.231 e. The van der Waals surface area contributed by atoms with Crippen molar-refractivity contribution in [3.8, 4) is 23.3 Å². The van der Waals surface area contributed by atoms with E-state index in [1.165, 1.54) is 0 Å². The van der Waals surface area contributed by atoms with Crippen molar-refractivity contribution in [3.05, 3.63) is 59.5 Å². The van der Waals surface area contributed by atoms with Crippen LogP contribution in [0.4, 0.5) is 0 Å². The van der Waals surface area contributed by atoms with Crippen LogP contribution in [0.25, 0.3) is 17.0 Å². The Labute approximate surface area is 155 Å². The Bertz CT molecular complexity index is 1140. The molecule has 0 amide bonds. The van der Waals surface area contributed by atoms with Crippen LogP contribution in [0.1, 0.15) is 15.9 Å². The predicted octanol–water partition coefficient (Wildman–Crippen LogP) is 3.71. The summed E-state index contributed by atoms with van der Waals surface area (Å²) in [5, 5.41) is 9.58. The molecule has 1 aromatic heterocycles. The lowest BCUT2D eigenvalue weighted by Gasteiger charge is -2.03. The van der Waals surface area contributed by atoms with Gasteiger partial charge in [0.2, 0.25) is 5.78 Å². The van der Waals surface area contributed by atoms with Gasteiger partial charge in [0.1, 0.15) is 23.3 Å². The maximum atomic E-state index is 12.7. The zero-order chi connectivity index (χ0) is 19.0. The molecule has 134 valence electrons. The first kappa shape index (κ1) is 16.7. The van der Waals surface area contributed by atoms with E-state index in [4.69, 9.17) is 19.5 Å². The molecule has 2 heterocycles. The first-order valence-corrected chi connectivity index (χ1v) is 8.32. The van der Waals surface area contributed by atoms with Gasteiger partial charge in [-0.3, -0.25) is 4.79 Å². The largest absolute Gasteiger partial charge is 0.497 e. The number of allylic oxidation sites excluding steroid dienone is 1. The van der Waals surface area contributed by atoms with Gasteiger partial charge in [-0.15, -0.1) is 0 Å². The van der Waals surface area contributed by atoms with Gasteiger partial charge in [0.05, 0.1) is 12.7 Å². The summed E-state index contributed by atoms with van der Waals surface area (Å²) < 4.78 is 18.3. The maximum Gasteiger partial charge on any atom is 0.231 e. The van der Waals surface area contributed by atoms with Crippen LogP contribution in [0.5, 0.6) is 17.2 Å². The maximum absolute atomic E-state index is 12.7. The summed E-state index contributed by atoms with van der Waals surface area (Å²) in [5.41, 5.74) is 2.37. The molecule has 2 aromatic carbocycles. The molecule has 6 heteroatoms. The zero-order valence-corrected chi connectivity index (χ0v) is 14.9. The fraction of sp³-hybridized carbons (Fsp3) is 0.143. The number of hydrogen-bond donors (Lipinski definition) is 0. The lowest BCUT2D eigenvalue weighted by Crippen LogP contribution is -1.97. The minimum absolute atomic E-state index is 0.0622. The van der Waals surface area contributed by atoms with Crippen molar-refractivity contribution in [1.29, 1.82) is 5.26 Å². The third kappa shape index (κ3) is 2.89. The van der Waals surface area contributed by atoms with Crippen LogP contribution in [-0.4, -0.2) is 24.1 Å². The molecule has 3 aromatic rings. The summed E-state index contributed by atoms with van der Waals surface area (Å²) >= 11 is 0. The van der Waals surface area contributed by atoms with E-state index in [-0.39, 0.29) is 18.1 Å². The molecule has 0 radical (unpaired) electrons. The third-order valence-corrected chi connectivity index (χ3v) is 4.46. The van der Waals surface area contributed by atoms with Crippen LogP contribution in [-0.2, 0) is 7.05 Å². The Morgan fingerprint density at radius 2 is 2.04 bits per heavy atom. The molecule has 27 heavy (non-hydrogen) atoms. The minimum Gasteiger partial charge on any atom is -0.497 e. The molecule has 0 fully saturated rings. The van der Waals surface area contributed by atoms with E-state index < -0.39 is 0 Å². The summed E-state index contributed by atoms with van der Waals surface area (Å²) in [6.45, 7) is -0.0622. The fourth-order valence-corrected chi connectivity index (χ4v) is 3.16. The van der Waals surface area contributed by atoms with E-state index in [0.717, 1.165) is 22.2 Å². The molecule has 0 N–H and O–H groups in total. The van der Waals surface area contributed by atoms with Gasteiger partial charge in [0, 0.05) is 35.8 Å². The third-order valence-electron chi connectivity index (χ3n) is 4.46. The molecule has 0 unspecified atom stereocenters. The lowest BCUT2D eigenvalue weighted by molar-refractivity contribution is 0.101. The molecule has 6 nitrogen and oxygen atoms in total. The molecule has 0 atom stereocenters. The number of nitriles is 1. The van der Waals surface area contributed by atoms with Crippen LogP contribution >= 0.6 is 0 Å². The monoisotopic (exact) mass is 360 g/mol. The number of benzene rings is 2. The number of fused-ring (bicyclic) bond motifs is 2. The van der Waals surface area contributed by atoms with E-state index in [0.29, 0.717) is 17.1 Å². The molecule has 0 saturated heterocycles. The van der Waals surface area contributed by atoms with Gasteiger partial charge in [0.25, 0.3) is 0 Å². The number of carbonyl (C=O) groups is 1. The van der Waals surface area contributed by atoms with E-state index in [1.54, 1.807) is 31.4 Å². The van der Waals surface area contributed by atoms with Crippen molar-refractivity contribution >= 4 is 22.8 Å². The first-order chi connectivity index (χ1) is 13.1. The lowest BCUT2D eigenvalue weighted by atomic mass is 10.1. The number of rotatable bonds is 4. The van der Waals surface area contributed by atoms with Gasteiger partial charge in [-0.1, -0.05) is 0 Å². The van der Waals surface area contributed by atoms with Gasteiger partial charge in [-0.2, -0.15) is 5.26 Å². The summed E-state index contributed by atoms with van der Waals surface area (Å²) in [5.74, 6) is 1.72. The molecule has 1 aliphatic heterocycles. The number of ketones is 1. The van der Waals surface area contributed by atoms with E-state index in [1.807, 2.05) is 42.1 Å². The predicted molar refractivity (Wildman–Crippen MR) is 100.0 cm³/mol. The highest BCUT2D eigenvalue weighted by atomic mass is 16.5. The molecule has 0 saturated carbocycles. The molecular weight excluding hydrogens is 344 g/mol. The number of aromatic nitrogens is 1. The number of hydrogen-bond acceptors (Lipinski definition) is 5. The fourth-order valence-electron chi connectivity index (χ4n) is 3.16. The number of carbonyl (C=O) groups excluding carboxylic acids is 1. The second-order valence-corrected chi connectivity index (χ2v) is 6.12. The second kappa shape index (κ2) is 6.54. The van der Waals surface area contributed by atoms with E-state index in [9.17, 15) is 4.79 Å². The summed E-state index contributed by atoms with van der Waals surface area (Å²) in [4.78, 5) is 12.7.